The standard InChI is InChI=1S/C12H17NO4S2/c1-2-12(5-3-6-12)8-13-19(16,17)9-4-7-18-10(9)11(14)15/h4,7,13H,2-3,5-6,8H2,1H3,(H,14,15). The van der Waals surface area contributed by atoms with Crippen LogP contribution < -0.4 is 4.72 Å². The maximum Gasteiger partial charge on any atom is 0.347 e. The van der Waals surface area contributed by atoms with Crippen LogP contribution in [-0.2, 0) is 10.0 Å². The van der Waals surface area contributed by atoms with Gasteiger partial charge in [0.1, 0.15) is 9.77 Å². The van der Waals surface area contributed by atoms with Gasteiger partial charge in [0.25, 0.3) is 0 Å². The lowest BCUT2D eigenvalue weighted by atomic mass is 9.67. The molecule has 2 N–H and O–H groups in total. The Balaban J connectivity index is 2.14. The largest absolute Gasteiger partial charge is 0.477 e. The first kappa shape index (κ1) is 14.5. The molecule has 0 aliphatic heterocycles. The number of sulfonamides is 1. The summed E-state index contributed by atoms with van der Waals surface area (Å²) >= 11 is 0.925. The normalized spacial score (nSPS) is 17.9. The summed E-state index contributed by atoms with van der Waals surface area (Å²) in [6.07, 6.45) is 4.13. The third kappa shape index (κ3) is 2.82. The second kappa shape index (κ2) is 5.22. The molecule has 0 amide bonds. The SMILES string of the molecule is CCC1(CNS(=O)(=O)c2ccsc2C(=O)O)CCC1. The Labute approximate surface area is 116 Å². The zero-order valence-corrected chi connectivity index (χ0v) is 12.3. The van der Waals surface area contributed by atoms with Crippen molar-refractivity contribution in [2.75, 3.05) is 6.54 Å². The zero-order chi connectivity index (χ0) is 14.1. The van der Waals surface area contributed by atoms with E-state index in [0.29, 0.717) is 6.54 Å². The van der Waals surface area contributed by atoms with Crippen LogP contribution in [0.2, 0.25) is 0 Å². The second-order valence-corrected chi connectivity index (χ2v) is 7.60. The van der Waals surface area contributed by atoms with E-state index in [1.807, 2.05) is 0 Å². The Hall–Kier alpha value is -0.920. The van der Waals surface area contributed by atoms with Crippen molar-refractivity contribution < 1.29 is 18.3 Å². The van der Waals surface area contributed by atoms with E-state index in [2.05, 4.69) is 11.6 Å². The molecule has 2 rings (SSSR count). The van der Waals surface area contributed by atoms with Crippen LogP contribution in [0.25, 0.3) is 0 Å². The topological polar surface area (TPSA) is 83.5 Å². The molecule has 106 valence electrons. The van der Waals surface area contributed by atoms with Crippen molar-refractivity contribution in [3.8, 4) is 0 Å². The number of rotatable bonds is 6. The molecular formula is C12H17NO4S2. The number of hydrogen-bond acceptors (Lipinski definition) is 4. The maximum absolute atomic E-state index is 12.2. The molecule has 0 atom stereocenters. The molecule has 1 aliphatic carbocycles. The van der Waals surface area contributed by atoms with Crippen LogP contribution in [0.3, 0.4) is 0 Å². The number of nitrogens with one attached hydrogen (secondary N) is 1. The first-order chi connectivity index (χ1) is 8.90. The van der Waals surface area contributed by atoms with Crippen LogP contribution in [0, 0.1) is 5.41 Å². The van der Waals surface area contributed by atoms with Crippen molar-refractivity contribution in [2.24, 2.45) is 5.41 Å². The average Bonchev–Trinajstić information content (AvgIpc) is 2.77. The van der Waals surface area contributed by atoms with E-state index in [9.17, 15) is 13.2 Å². The molecule has 0 bridgehead atoms. The van der Waals surface area contributed by atoms with Gasteiger partial charge in [0.2, 0.25) is 10.0 Å². The Morgan fingerprint density at radius 3 is 2.68 bits per heavy atom. The van der Waals surface area contributed by atoms with Gasteiger partial charge in [0.15, 0.2) is 0 Å². The van der Waals surface area contributed by atoms with Crippen molar-refractivity contribution in [3.05, 3.63) is 16.3 Å². The molecule has 0 spiro atoms. The smallest absolute Gasteiger partial charge is 0.347 e. The van der Waals surface area contributed by atoms with Crippen molar-refractivity contribution in [1.82, 2.24) is 4.72 Å². The summed E-state index contributed by atoms with van der Waals surface area (Å²) in [6.45, 7) is 2.45. The lowest BCUT2D eigenvalue weighted by Crippen LogP contribution is -2.41. The second-order valence-electron chi connectivity index (χ2n) is 4.95. The van der Waals surface area contributed by atoms with Crippen LogP contribution in [0.4, 0.5) is 0 Å². The molecule has 1 aromatic heterocycles. The van der Waals surface area contributed by atoms with Gasteiger partial charge in [-0.05, 0) is 36.1 Å². The lowest BCUT2D eigenvalue weighted by molar-refractivity contribution is 0.0698. The molecule has 1 aromatic rings. The third-order valence-electron chi connectivity index (χ3n) is 3.91. The van der Waals surface area contributed by atoms with E-state index >= 15 is 0 Å². The maximum atomic E-state index is 12.2. The van der Waals surface area contributed by atoms with E-state index < -0.39 is 16.0 Å². The highest BCUT2D eigenvalue weighted by atomic mass is 32.2. The van der Waals surface area contributed by atoms with Gasteiger partial charge in [-0.3, -0.25) is 0 Å². The highest BCUT2D eigenvalue weighted by Crippen LogP contribution is 2.43. The van der Waals surface area contributed by atoms with Gasteiger partial charge in [0.05, 0.1) is 0 Å². The number of aromatic carboxylic acids is 1. The first-order valence-electron chi connectivity index (χ1n) is 6.21. The summed E-state index contributed by atoms with van der Waals surface area (Å²) in [7, 11) is -3.73. The summed E-state index contributed by atoms with van der Waals surface area (Å²) in [5, 5.41) is 10.5. The summed E-state index contributed by atoms with van der Waals surface area (Å²) < 4.78 is 26.9. The minimum Gasteiger partial charge on any atom is -0.477 e. The summed E-state index contributed by atoms with van der Waals surface area (Å²) in [5.74, 6) is -1.20. The Morgan fingerprint density at radius 1 is 1.53 bits per heavy atom. The molecule has 1 heterocycles. The fraction of sp³-hybridized carbons (Fsp3) is 0.583. The lowest BCUT2D eigenvalue weighted by Gasteiger charge is -2.41. The highest BCUT2D eigenvalue weighted by Gasteiger charge is 2.36. The van der Waals surface area contributed by atoms with Crippen LogP contribution in [0.5, 0.6) is 0 Å². The summed E-state index contributed by atoms with van der Waals surface area (Å²) in [5.41, 5.74) is 0.0620. The van der Waals surface area contributed by atoms with Gasteiger partial charge in [0, 0.05) is 6.54 Å². The summed E-state index contributed by atoms with van der Waals surface area (Å²) in [4.78, 5) is 10.7. The molecule has 5 nitrogen and oxygen atoms in total. The van der Waals surface area contributed by atoms with Gasteiger partial charge in [-0.2, -0.15) is 0 Å². The minimum absolute atomic E-state index is 0.0620. The predicted octanol–water partition coefficient (Wildman–Crippen LogP) is 2.30. The van der Waals surface area contributed by atoms with E-state index in [4.69, 9.17) is 5.11 Å². The monoisotopic (exact) mass is 303 g/mol. The van der Waals surface area contributed by atoms with E-state index in [-0.39, 0.29) is 15.2 Å². The van der Waals surface area contributed by atoms with E-state index in [1.54, 1.807) is 0 Å². The zero-order valence-electron chi connectivity index (χ0n) is 10.7. The van der Waals surface area contributed by atoms with Crippen LogP contribution in [0.1, 0.15) is 42.3 Å². The predicted molar refractivity (Wildman–Crippen MR) is 73.0 cm³/mol. The Morgan fingerprint density at radius 2 is 2.21 bits per heavy atom. The number of carboxylic acids is 1. The quantitative estimate of drug-likeness (QED) is 0.844. The molecule has 0 radical (unpaired) electrons. The number of hydrogen-bond donors (Lipinski definition) is 2. The Bertz CT molecular complexity index is 567. The average molecular weight is 303 g/mol. The molecule has 0 unspecified atom stereocenters. The molecule has 1 fully saturated rings. The highest BCUT2D eigenvalue weighted by molar-refractivity contribution is 7.89. The van der Waals surface area contributed by atoms with Gasteiger partial charge < -0.3 is 5.11 Å². The number of carboxylic acid groups (broad SMARTS) is 1. The fourth-order valence-electron chi connectivity index (χ4n) is 2.32. The Kier molecular flexibility index (Phi) is 3.98. The van der Waals surface area contributed by atoms with Crippen LogP contribution in [0.15, 0.2) is 16.3 Å². The first-order valence-corrected chi connectivity index (χ1v) is 8.57. The van der Waals surface area contributed by atoms with E-state index in [1.165, 1.54) is 11.4 Å². The number of thiophene rings is 1. The van der Waals surface area contributed by atoms with Crippen molar-refractivity contribution in [2.45, 2.75) is 37.5 Å². The molecule has 0 saturated heterocycles. The van der Waals surface area contributed by atoms with E-state index in [0.717, 1.165) is 37.0 Å². The molecule has 7 heteroatoms. The summed E-state index contributed by atoms with van der Waals surface area (Å²) in [6, 6.07) is 1.34. The molecular weight excluding hydrogens is 286 g/mol. The van der Waals surface area contributed by atoms with Gasteiger partial charge in [-0.25, -0.2) is 17.9 Å². The van der Waals surface area contributed by atoms with Crippen LogP contribution in [-0.4, -0.2) is 26.0 Å². The third-order valence-corrected chi connectivity index (χ3v) is 6.39. The van der Waals surface area contributed by atoms with Crippen LogP contribution >= 0.6 is 11.3 Å². The van der Waals surface area contributed by atoms with Crippen molar-refractivity contribution in [1.29, 1.82) is 0 Å². The van der Waals surface area contributed by atoms with Crippen molar-refractivity contribution in [3.63, 3.8) is 0 Å². The molecule has 1 saturated carbocycles. The van der Waals surface area contributed by atoms with Gasteiger partial charge in [-0.15, -0.1) is 11.3 Å². The molecule has 0 aromatic carbocycles. The molecule has 1 aliphatic rings. The molecule has 19 heavy (non-hydrogen) atoms. The minimum atomic E-state index is -3.73. The van der Waals surface area contributed by atoms with Gasteiger partial charge in [-0.1, -0.05) is 13.3 Å². The number of carbonyl (C=O) groups is 1. The van der Waals surface area contributed by atoms with Gasteiger partial charge >= 0.3 is 5.97 Å². The fourth-order valence-corrected chi connectivity index (χ4v) is 4.74. The van der Waals surface area contributed by atoms with Crippen molar-refractivity contribution >= 4 is 27.3 Å².